The topological polar surface area (TPSA) is 235 Å². The number of aromatic hydroxyl groups is 3. The first-order valence-corrected chi connectivity index (χ1v) is 25.9. The highest BCUT2D eigenvalue weighted by Gasteiger charge is 2.75. The van der Waals surface area contributed by atoms with E-state index < -0.39 is 52.0 Å². The van der Waals surface area contributed by atoms with E-state index in [2.05, 4.69) is 26.8 Å². The zero-order valence-corrected chi connectivity index (χ0v) is 41.1. The quantitative estimate of drug-likeness (QED) is 0.111. The fraction of sp³-hybridized carbons (Fsp3) is 0.586. The number of phenolic OH excluding ortho intramolecular Hbond substituents is 3. The molecule has 2 heterocycles. The highest BCUT2D eigenvalue weighted by Crippen LogP contribution is 2.71. The molecule has 13 heteroatoms. The molecule has 9 unspecified atom stereocenters. The molecular weight excluding hydrogens is 905 g/mol. The summed E-state index contributed by atoms with van der Waals surface area (Å²) in [6.07, 6.45) is 8.27. The largest absolute Gasteiger partial charge is 0.508 e. The average molecular weight is 973 g/mol. The van der Waals surface area contributed by atoms with Crippen LogP contribution in [0.5, 0.6) is 28.7 Å². The Hall–Kier alpha value is -4.76. The summed E-state index contributed by atoms with van der Waals surface area (Å²) in [5.41, 5.74) is 0.772. The molecule has 9 N–H and O–H groups in total. The van der Waals surface area contributed by atoms with E-state index in [1.165, 1.54) is 42.7 Å². The number of fused-ring (bicyclic) bond motifs is 15. The Morgan fingerprint density at radius 1 is 0.620 bits per heavy atom. The molecule has 0 radical (unpaired) electrons. The number of benzene rings is 3. The average Bonchev–Trinajstić information content (AvgIpc) is 3.83. The van der Waals surface area contributed by atoms with Crippen LogP contribution < -0.4 is 9.47 Å². The number of hydrogen-bond donors (Lipinski definition) is 9. The van der Waals surface area contributed by atoms with Gasteiger partial charge in [0.25, 0.3) is 0 Å². The molecule has 3 aromatic carbocycles. The van der Waals surface area contributed by atoms with E-state index in [0.29, 0.717) is 41.1 Å². The van der Waals surface area contributed by atoms with Crippen molar-refractivity contribution in [3.05, 3.63) is 101 Å². The molecule has 3 aromatic rings. The molecule has 8 saturated carbocycles. The Balaban J connectivity index is 0.000000110. The molecular formula is C58H68O13. The minimum absolute atomic E-state index is 0.00196. The van der Waals surface area contributed by atoms with Gasteiger partial charge < -0.3 is 55.4 Å². The maximum atomic E-state index is 12.9. The molecule has 0 spiro atoms. The third-order valence-corrected chi connectivity index (χ3v) is 21.2. The number of allylic oxidation sites excluding steroid dienone is 1. The number of hydrogen-bond acceptors (Lipinski definition) is 13. The van der Waals surface area contributed by atoms with E-state index in [1.54, 1.807) is 30.5 Å². The van der Waals surface area contributed by atoms with Crippen LogP contribution in [-0.4, -0.2) is 92.6 Å². The molecule has 8 fully saturated rings. The summed E-state index contributed by atoms with van der Waals surface area (Å²) in [6.45, 7) is 10.7. The zero-order valence-electron chi connectivity index (χ0n) is 41.1. The third-order valence-electron chi connectivity index (χ3n) is 21.2. The van der Waals surface area contributed by atoms with Gasteiger partial charge in [0, 0.05) is 71.3 Å². The first-order chi connectivity index (χ1) is 33.4. The number of aryl methyl sites for hydroxylation is 1. The Labute approximate surface area is 413 Å². The lowest BCUT2D eigenvalue weighted by atomic mass is 9.49. The van der Waals surface area contributed by atoms with E-state index in [0.717, 1.165) is 41.9 Å². The Morgan fingerprint density at radius 2 is 1.21 bits per heavy atom. The molecule has 0 saturated heterocycles. The summed E-state index contributed by atoms with van der Waals surface area (Å²) in [4.78, 5) is 25.8. The van der Waals surface area contributed by atoms with E-state index >= 15 is 0 Å². The van der Waals surface area contributed by atoms with Gasteiger partial charge in [-0.1, -0.05) is 52.8 Å². The molecule has 71 heavy (non-hydrogen) atoms. The van der Waals surface area contributed by atoms with E-state index in [4.69, 9.17) is 9.47 Å². The van der Waals surface area contributed by atoms with Crippen LogP contribution in [0.25, 0.3) is 0 Å². The van der Waals surface area contributed by atoms with Crippen molar-refractivity contribution >= 4 is 11.6 Å². The number of ketones is 2. The third kappa shape index (κ3) is 6.38. The molecule has 0 amide bonds. The van der Waals surface area contributed by atoms with Gasteiger partial charge in [0.1, 0.15) is 34.5 Å². The minimum atomic E-state index is -1.84. The molecule has 17 atom stereocenters. The highest BCUT2D eigenvalue weighted by atomic mass is 16.5. The maximum Gasteiger partial charge on any atom is 0.172 e. The summed E-state index contributed by atoms with van der Waals surface area (Å²) in [5.74, 6) is 1.41. The van der Waals surface area contributed by atoms with Crippen molar-refractivity contribution in [3.8, 4) is 28.7 Å². The van der Waals surface area contributed by atoms with Crippen LogP contribution in [-0.2, 0) is 16.0 Å². The number of phenols is 3. The fourth-order valence-electron chi connectivity index (χ4n) is 17.8. The molecule has 13 nitrogen and oxygen atoms in total. The van der Waals surface area contributed by atoms with Crippen LogP contribution in [0.2, 0.25) is 0 Å². The highest BCUT2D eigenvalue weighted by molar-refractivity contribution is 5.94. The predicted molar refractivity (Wildman–Crippen MR) is 258 cm³/mol. The number of aliphatic hydroxyl groups excluding tert-OH is 3. The van der Waals surface area contributed by atoms with Crippen molar-refractivity contribution in [3.63, 3.8) is 0 Å². The van der Waals surface area contributed by atoms with Gasteiger partial charge in [-0.05, 0) is 138 Å². The summed E-state index contributed by atoms with van der Waals surface area (Å²) in [6, 6.07) is 15.9. The summed E-state index contributed by atoms with van der Waals surface area (Å²) in [7, 11) is 0. The van der Waals surface area contributed by atoms with E-state index in [-0.39, 0.29) is 83.1 Å². The van der Waals surface area contributed by atoms with Crippen LogP contribution in [0, 0.1) is 57.7 Å². The van der Waals surface area contributed by atoms with Crippen molar-refractivity contribution < 1.29 is 65.0 Å². The predicted octanol–water partition coefficient (Wildman–Crippen LogP) is 6.94. The van der Waals surface area contributed by atoms with Crippen molar-refractivity contribution in [1.29, 1.82) is 0 Å². The minimum Gasteiger partial charge on any atom is -0.508 e. The van der Waals surface area contributed by atoms with Crippen molar-refractivity contribution in [2.45, 2.75) is 152 Å². The van der Waals surface area contributed by atoms with Gasteiger partial charge in [0.15, 0.2) is 11.4 Å². The van der Waals surface area contributed by atoms with Crippen LogP contribution in [0.15, 0.2) is 78.3 Å². The number of rotatable bonds is 0. The summed E-state index contributed by atoms with van der Waals surface area (Å²) in [5, 5.41) is 94.3. The molecule has 0 aromatic heterocycles. The number of carbonyl (C=O) groups is 2. The summed E-state index contributed by atoms with van der Waals surface area (Å²) >= 11 is 0. The first kappa shape index (κ1) is 47.3. The number of carbonyl (C=O) groups excluding carboxylic acids is 2. The lowest BCUT2D eigenvalue weighted by Gasteiger charge is -2.57. The first-order valence-electron chi connectivity index (χ1n) is 25.9. The smallest absolute Gasteiger partial charge is 0.172 e. The van der Waals surface area contributed by atoms with Crippen molar-refractivity contribution in [2.75, 3.05) is 0 Å². The molecule has 4 bridgehead atoms. The summed E-state index contributed by atoms with van der Waals surface area (Å²) < 4.78 is 11.4. The molecule has 9 aliphatic carbocycles. The van der Waals surface area contributed by atoms with Gasteiger partial charge >= 0.3 is 0 Å². The van der Waals surface area contributed by atoms with Crippen LogP contribution in [0.3, 0.4) is 0 Å². The number of ether oxygens (including phenoxy) is 2. The van der Waals surface area contributed by atoms with Crippen molar-refractivity contribution in [1.82, 2.24) is 0 Å². The number of Topliss-reactive ketones (excluding diaryl/α,β-unsaturated/α-hetero) is 2. The second-order valence-electron chi connectivity index (χ2n) is 25.1. The van der Waals surface area contributed by atoms with Gasteiger partial charge in [-0.15, -0.1) is 0 Å². The Bertz CT molecular complexity index is 2830. The second kappa shape index (κ2) is 15.4. The Morgan fingerprint density at radius 3 is 1.90 bits per heavy atom. The van der Waals surface area contributed by atoms with Gasteiger partial charge in [-0.25, -0.2) is 0 Å². The van der Waals surface area contributed by atoms with Crippen LogP contribution in [0.1, 0.15) is 132 Å². The maximum absolute atomic E-state index is 12.9. The second-order valence-corrected chi connectivity index (χ2v) is 25.1. The standard InChI is InChI=1S/C20H22O6.C20H22O5.C18H24O2/c1-18(2)11-6-19(24)7-14(22)20(25,16(11)17(19)23)12-8-26-13-5-9(21)3-4-10(13)15(12)18;1-19(2)12-6-20(24)7-13(22)15(16(12)18(20)23)11-8-25-14-5-9(21)3-4-10(14)17(11)19;1-18-9-8-14-13-5-3-12(19)10-11(13)2-4-15(14)16(18)6-7-17(18)20/h3-5,8,11,15-17,21,23-25H,6-7H2,1-2H3;3-5,8,12,15-18,21,23-24H,6-7H2,1-2H3;3,5,10,14-17,19-20H,2,4,6-9H2,1H3/t11-,15?,16?,17+,19-,20-;12-,15?,16?,17?,18+,20-;14?,15?,16?,17-,18?/m000/s1. The van der Waals surface area contributed by atoms with Crippen LogP contribution in [0.4, 0.5) is 0 Å². The molecule has 378 valence electrons. The van der Waals surface area contributed by atoms with E-state index in [1.807, 2.05) is 32.0 Å². The SMILES string of the molecule is CC1(C)C2C(=COc3cc(O)ccc32)C2C(=O)C[C@@]3(O)C[C@H]1C2[C@H]3O.CC1(C)C2C(=COc3cc(O)ccc32)[C@]2(O)C(=O)C[C@@]3(O)C[C@H]1C2[C@H]3O.CC12CCC3c4ccc(O)cc4CCC3C1CC[C@@H]2O. The molecule has 14 rings (SSSR count). The van der Waals surface area contributed by atoms with Crippen molar-refractivity contribution in [2.24, 2.45) is 57.7 Å². The van der Waals surface area contributed by atoms with E-state index in [9.17, 15) is 55.5 Å². The fourth-order valence-corrected chi connectivity index (χ4v) is 17.8. The van der Waals surface area contributed by atoms with Gasteiger partial charge in [0.05, 0.1) is 42.0 Å². The zero-order chi connectivity index (χ0) is 50.3. The molecule has 2 aliphatic heterocycles. The monoisotopic (exact) mass is 972 g/mol. The lowest BCUT2D eigenvalue weighted by Crippen LogP contribution is -2.66. The van der Waals surface area contributed by atoms with Crippen LogP contribution >= 0.6 is 0 Å². The Kier molecular flexibility index (Phi) is 10.2. The van der Waals surface area contributed by atoms with Gasteiger partial charge in [-0.3, -0.25) is 9.59 Å². The number of aliphatic hydroxyl groups is 6. The van der Waals surface area contributed by atoms with Gasteiger partial charge in [0.2, 0.25) is 0 Å². The normalized spacial score (nSPS) is 43.5. The molecule has 11 aliphatic rings. The lowest BCUT2D eigenvalue weighted by molar-refractivity contribution is -0.180. The van der Waals surface area contributed by atoms with Gasteiger partial charge in [-0.2, -0.15) is 0 Å².